The summed E-state index contributed by atoms with van der Waals surface area (Å²) in [6, 6.07) is 7.82. The molecule has 2 aromatic rings. The van der Waals surface area contributed by atoms with Gasteiger partial charge in [-0.3, -0.25) is 4.90 Å². The summed E-state index contributed by atoms with van der Waals surface area (Å²) in [4.78, 5) is 6.98. The second kappa shape index (κ2) is 7.22. The summed E-state index contributed by atoms with van der Waals surface area (Å²) in [5.41, 5.74) is 8.17. The zero-order chi connectivity index (χ0) is 15.7. The first-order chi connectivity index (χ1) is 10.4. The van der Waals surface area contributed by atoms with E-state index in [2.05, 4.69) is 23.7 Å². The van der Waals surface area contributed by atoms with Crippen molar-refractivity contribution in [2.24, 2.45) is 11.1 Å². The molecule has 1 aliphatic rings. The molecule has 23 heavy (non-hydrogen) atoms. The van der Waals surface area contributed by atoms with Gasteiger partial charge in [-0.1, -0.05) is 31.5 Å². The third-order valence-corrected chi connectivity index (χ3v) is 4.64. The highest BCUT2D eigenvalue weighted by Gasteiger charge is 2.33. The second-order valence-electron chi connectivity index (χ2n) is 6.75. The summed E-state index contributed by atoms with van der Waals surface area (Å²) in [6.07, 6.45) is 2.75. The summed E-state index contributed by atoms with van der Waals surface area (Å²) in [5.74, 6) is 0.616. The summed E-state index contributed by atoms with van der Waals surface area (Å²) < 4.78 is 5.60. The zero-order valence-electron chi connectivity index (χ0n) is 13.5. The normalized spacial score (nSPS) is 21.0. The van der Waals surface area contributed by atoms with Crippen LogP contribution in [-0.2, 0) is 6.54 Å². The molecule has 6 heteroatoms. The van der Waals surface area contributed by atoms with Gasteiger partial charge < -0.3 is 10.2 Å². The fourth-order valence-electron chi connectivity index (χ4n) is 2.98. The maximum Gasteiger partial charge on any atom is 0.226 e. The topological polar surface area (TPSA) is 55.3 Å². The van der Waals surface area contributed by atoms with Crippen LogP contribution in [-0.4, -0.2) is 29.0 Å². The molecule has 1 aromatic carbocycles. The minimum absolute atomic E-state index is 0. The smallest absolute Gasteiger partial charge is 0.226 e. The summed E-state index contributed by atoms with van der Waals surface area (Å²) in [6.45, 7) is 7.23. The van der Waals surface area contributed by atoms with E-state index in [1.165, 1.54) is 0 Å². The molecule has 0 saturated carbocycles. The maximum absolute atomic E-state index is 6.19. The average Bonchev–Trinajstić information content (AvgIpc) is 2.91. The van der Waals surface area contributed by atoms with Crippen molar-refractivity contribution in [2.75, 3.05) is 13.1 Å². The fraction of sp³-hybridized carbons (Fsp3) is 0.471. The summed E-state index contributed by atoms with van der Waals surface area (Å²) in [5, 5.41) is 0.684. The van der Waals surface area contributed by atoms with E-state index in [0.29, 0.717) is 10.9 Å². The molecule has 1 unspecified atom stereocenters. The number of benzene rings is 1. The third-order valence-electron chi connectivity index (χ3n) is 4.40. The van der Waals surface area contributed by atoms with Crippen LogP contribution in [0.1, 0.15) is 26.0 Å². The number of likely N-dealkylation sites (tertiary alicyclic amines) is 1. The number of oxazole rings is 1. The Balaban J connectivity index is 0.00000192. The number of hydrogen-bond acceptors (Lipinski definition) is 4. The molecule has 0 spiro atoms. The molecule has 0 aliphatic carbocycles. The van der Waals surface area contributed by atoms with Gasteiger partial charge in [0, 0.05) is 36.3 Å². The van der Waals surface area contributed by atoms with Gasteiger partial charge in [-0.15, -0.1) is 12.4 Å². The predicted molar refractivity (Wildman–Crippen MR) is 95.8 cm³/mol. The van der Waals surface area contributed by atoms with Crippen LogP contribution in [0, 0.1) is 5.41 Å². The van der Waals surface area contributed by atoms with Crippen LogP contribution < -0.4 is 5.73 Å². The molecule has 126 valence electrons. The van der Waals surface area contributed by atoms with E-state index in [0.717, 1.165) is 37.3 Å². The Kier molecular flexibility index (Phi) is 5.74. The zero-order valence-corrected chi connectivity index (χ0v) is 15.0. The molecule has 1 fully saturated rings. The van der Waals surface area contributed by atoms with E-state index in [4.69, 9.17) is 21.8 Å². The molecule has 2 N–H and O–H groups in total. The molecule has 1 aromatic heterocycles. The summed E-state index contributed by atoms with van der Waals surface area (Å²) in [7, 11) is 0. The number of piperidine rings is 1. The first-order valence-electron chi connectivity index (χ1n) is 7.62. The van der Waals surface area contributed by atoms with Crippen molar-refractivity contribution in [1.82, 2.24) is 9.88 Å². The van der Waals surface area contributed by atoms with Gasteiger partial charge in [0.1, 0.15) is 6.26 Å². The van der Waals surface area contributed by atoms with Gasteiger partial charge >= 0.3 is 0 Å². The highest BCUT2D eigenvalue weighted by Crippen LogP contribution is 2.29. The van der Waals surface area contributed by atoms with Gasteiger partial charge in [-0.2, -0.15) is 0 Å². The van der Waals surface area contributed by atoms with Crippen molar-refractivity contribution in [3.05, 3.63) is 41.2 Å². The minimum atomic E-state index is 0. The van der Waals surface area contributed by atoms with E-state index < -0.39 is 0 Å². The molecule has 2 heterocycles. The average molecular weight is 356 g/mol. The molecule has 1 saturated heterocycles. The first kappa shape index (κ1) is 18.3. The molecule has 3 rings (SSSR count). The number of aromatic nitrogens is 1. The number of hydrogen-bond donors (Lipinski definition) is 1. The third kappa shape index (κ3) is 4.27. The largest absolute Gasteiger partial charge is 0.444 e. The van der Waals surface area contributed by atoms with Crippen LogP contribution in [0.25, 0.3) is 11.5 Å². The second-order valence-corrected chi connectivity index (χ2v) is 7.19. The maximum atomic E-state index is 6.19. The SMILES string of the molecule is CC1(C)CN(Cc2coc(-c3cccc(Cl)c3)n2)CCC1N.Cl. The first-order valence-corrected chi connectivity index (χ1v) is 8.00. The Bertz CT molecular complexity index is 657. The molecular weight excluding hydrogens is 333 g/mol. The van der Waals surface area contributed by atoms with Crippen molar-refractivity contribution in [1.29, 1.82) is 0 Å². The molecular formula is C17H23Cl2N3O. The van der Waals surface area contributed by atoms with Crippen LogP contribution in [0.3, 0.4) is 0 Å². The van der Waals surface area contributed by atoms with Gasteiger partial charge in [0.15, 0.2) is 0 Å². The van der Waals surface area contributed by atoms with Gasteiger partial charge in [0.25, 0.3) is 0 Å². The van der Waals surface area contributed by atoms with Crippen LogP contribution in [0.4, 0.5) is 0 Å². The lowest BCUT2D eigenvalue weighted by Crippen LogP contribution is -2.52. The van der Waals surface area contributed by atoms with Crippen LogP contribution in [0.2, 0.25) is 5.02 Å². The predicted octanol–water partition coefficient (Wildman–Crippen LogP) is 3.98. The van der Waals surface area contributed by atoms with E-state index in [1.54, 1.807) is 6.26 Å². The molecule has 1 aliphatic heterocycles. The van der Waals surface area contributed by atoms with Gasteiger partial charge in [0.2, 0.25) is 5.89 Å². The molecule has 1 atom stereocenters. The molecule has 0 radical (unpaired) electrons. The van der Waals surface area contributed by atoms with E-state index in [1.807, 2.05) is 24.3 Å². The Morgan fingerprint density at radius 1 is 1.43 bits per heavy atom. The number of rotatable bonds is 3. The van der Waals surface area contributed by atoms with Crippen molar-refractivity contribution < 1.29 is 4.42 Å². The molecule has 0 amide bonds. The van der Waals surface area contributed by atoms with Crippen LogP contribution >= 0.6 is 24.0 Å². The highest BCUT2D eigenvalue weighted by molar-refractivity contribution is 6.30. The monoisotopic (exact) mass is 355 g/mol. The van der Waals surface area contributed by atoms with Gasteiger partial charge in [-0.05, 0) is 30.0 Å². The lowest BCUT2D eigenvalue weighted by Gasteiger charge is -2.42. The van der Waals surface area contributed by atoms with Gasteiger partial charge in [-0.25, -0.2) is 4.98 Å². The van der Waals surface area contributed by atoms with Gasteiger partial charge in [0.05, 0.1) is 5.69 Å². The van der Waals surface area contributed by atoms with Crippen molar-refractivity contribution >= 4 is 24.0 Å². The van der Waals surface area contributed by atoms with E-state index >= 15 is 0 Å². The number of halogens is 2. The van der Waals surface area contributed by atoms with Crippen molar-refractivity contribution in [2.45, 2.75) is 32.9 Å². The number of nitrogens with zero attached hydrogens (tertiary/aromatic N) is 2. The quantitative estimate of drug-likeness (QED) is 0.904. The molecule has 0 bridgehead atoms. The van der Waals surface area contributed by atoms with Crippen molar-refractivity contribution in [3.63, 3.8) is 0 Å². The lowest BCUT2D eigenvalue weighted by molar-refractivity contribution is 0.0889. The Morgan fingerprint density at radius 2 is 2.22 bits per heavy atom. The minimum Gasteiger partial charge on any atom is -0.444 e. The fourth-order valence-corrected chi connectivity index (χ4v) is 3.17. The standard InChI is InChI=1S/C17H22ClN3O.ClH/c1-17(2)11-21(7-6-15(17)19)9-14-10-22-16(20-14)12-4-3-5-13(18)8-12;/h3-5,8,10,15H,6-7,9,11,19H2,1-2H3;1H. The summed E-state index contributed by atoms with van der Waals surface area (Å²) >= 11 is 6.01. The number of nitrogens with two attached hydrogens (primary N) is 1. The van der Waals surface area contributed by atoms with Crippen LogP contribution in [0.15, 0.2) is 34.9 Å². The van der Waals surface area contributed by atoms with Crippen LogP contribution in [0.5, 0.6) is 0 Å². The lowest BCUT2D eigenvalue weighted by atomic mass is 9.80. The Labute approximate surface area is 148 Å². The van der Waals surface area contributed by atoms with E-state index in [9.17, 15) is 0 Å². The Morgan fingerprint density at radius 3 is 2.91 bits per heavy atom. The van der Waals surface area contributed by atoms with Crippen molar-refractivity contribution in [3.8, 4) is 11.5 Å². The van der Waals surface area contributed by atoms with E-state index in [-0.39, 0.29) is 23.9 Å². The molecule has 4 nitrogen and oxygen atoms in total. The Hall–Kier alpha value is -1.07. The highest BCUT2D eigenvalue weighted by atomic mass is 35.5.